The fourth-order valence-corrected chi connectivity index (χ4v) is 2.85. The summed E-state index contributed by atoms with van der Waals surface area (Å²) in [6.07, 6.45) is 8.12. The molecular weight excluding hydrogens is 262 g/mol. The van der Waals surface area contributed by atoms with Gasteiger partial charge in [0.25, 0.3) is 5.91 Å². The van der Waals surface area contributed by atoms with Gasteiger partial charge in [-0.1, -0.05) is 50.3 Å². The zero-order valence-corrected chi connectivity index (χ0v) is 13.2. The summed E-state index contributed by atoms with van der Waals surface area (Å²) in [5.41, 5.74) is 1.06. The standard InChI is InChI=1S/C18H27NO2/c1-14-10-8-9-13-17(14)21-15(2)18(20)19-16-11-6-4-3-5-7-12-16/h8-10,13,15-16H,3-7,11-12H2,1-2H3,(H,19,20). The monoisotopic (exact) mass is 289 g/mol. The van der Waals surface area contributed by atoms with Crippen molar-refractivity contribution < 1.29 is 9.53 Å². The highest BCUT2D eigenvalue weighted by atomic mass is 16.5. The predicted octanol–water partition coefficient (Wildman–Crippen LogP) is 3.99. The Hall–Kier alpha value is -1.51. The third-order valence-corrected chi connectivity index (χ3v) is 4.22. The maximum absolute atomic E-state index is 12.3. The first-order chi connectivity index (χ1) is 10.2. The average molecular weight is 289 g/mol. The molecule has 2 rings (SSSR count). The Morgan fingerprint density at radius 3 is 2.43 bits per heavy atom. The van der Waals surface area contributed by atoms with Crippen LogP contribution in [0.3, 0.4) is 0 Å². The van der Waals surface area contributed by atoms with E-state index in [9.17, 15) is 4.79 Å². The normalized spacial score (nSPS) is 18.4. The first-order valence-electron chi connectivity index (χ1n) is 8.19. The molecule has 1 aliphatic rings. The Labute approximate surface area is 128 Å². The number of nitrogens with one attached hydrogen (secondary N) is 1. The van der Waals surface area contributed by atoms with Gasteiger partial charge in [0.1, 0.15) is 5.75 Å². The first kappa shape index (κ1) is 15.9. The van der Waals surface area contributed by atoms with Crippen LogP contribution in [0.2, 0.25) is 0 Å². The molecule has 1 amide bonds. The van der Waals surface area contributed by atoms with E-state index < -0.39 is 6.10 Å². The number of carbonyl (C=O) groups is 1. The molecule has 1 aromatic carbocycles. The lowest BCUT2D eigenvalue weighted by molar-refractivity contribution is -0.128. The SMILES string of the molecule is Cc1ccccc1OC(C)C(=O)NC1CCCCCCC1. The summed E-state index contributed by atoms with van der Waals surface area (Å²) in [6.45, 7) is 3.82. The zero-order valence-electron chi connectivity index (χ0n) is 13.2. The van der Waals surface area contributed by atoms with Gasteiger partial charge in [0.05, 0.1) is 0 Å². The van der Waals surface area contributed by atoms with Crippen molar-refractivity contribution >= 4 is 5.91 Å². The quantitative estimate of drug-likeness (QED) is 0.910. The highest BCUT2D eigenvalue weighted by Crippen LogP contribution is 2.19. The number of rotatable bonds is 4. The highest BCUT2D eigenvalue weighted by molar-refractivity contribution is 5.81. The van der Waals surface area contributed by atoms with Crippen LogP contribution in [-0.2, 0) is 4.79 Å². The Balaban J connectivity index is 1.85. The Kier molecular flexibility index (Phi) is 6.09. The van der Waals surface area contributed by atoms with Crippen molar-refractivity contribution in [3.63, 3.8) is 0 Å². The van der Waals surface area contributed by atoms with Crippen LogP contribution in [-0.4, -0.2) is 18.1 Å². The van der Waals surface area contributed by atoms with Crippen molar-refractivity contribution in [2.75, 3.05) is 0 Å². The molecule has 0 aromatic heterocycles. The highest BCUT2D eigenvalue weighted by Gasteiger charge is 2.20. The summed E-state index contributed by atoms with van der Waals surface area (Å²) in [5, 5.41) is 3.16. The summed E-state index contributed by atoms with van der Waals surface area (Å²) in [4.78, 5) is 12.3. The van der Waals surface area contributed by atoms with Gasteiger partial charge in [0, 0.05) is 6.04 Å². The largest absolute Gasteiger partial charge is 0.481 e. The number of hydrogen-bond acceptors (Lipinski definition) is 2. The van der Waals surface area contributed by atoms with Crippen LogP contribution in [0.15, 0.2) is 24.3 Å². The van der Waals surface area contributed by atoms with Gasteiger partial charge < -0.3 is 10.1 Å². The van der Waals surface area contributed by atoms with Crippen LogP contribution in [0.5, 0.6) is 5.75 Å². The number of carbonyl (C=O) groups excluding carboxylic acids is 1. The van der Waals surface area contributed by atoms with E-state index >= 15 is 0 Å². The lowest BCUT2D eigenvalue weighted by Gasteiger charge is -2.23. The molecule has 21 heavy (non-hydrogen) atoms. The number of hydrogen-bond donors (Lipinski definition) is 1. The number of amides is 1. The van der Waals surface area contributed by atoms with Gasteiger partial charge >= 0.3 is 0 Å². The lowest BCUT2D eigenvalue weighted by Crippen LogP contribution is -2.42. The fraction of sp³-hybridized carbons (Fsp3) is 0.611. The van der Waals surface area contributed by atoms with Crippen molar-refractivity contribution in [3.8, 4) is 5.75 Å². The molecule has 0 aliphatic heterocycles. The molecule has 0 heterocycles. The average Bonchev–Trinajstić information content (AvgIpc) is 2.44. The van der Waals surface area contributed by atoms with Crippen molar-refractivity contribution in [2.45, 2.75) is 70.9 Å². The Morgan fingerprint density at radius 2 is 1.76 bits per heavy atom. The molecule has 0 saturated heterocycles. The molecule has 0 radical (unpaired) electrons. The number of aryl methyl sites for hydroxylation is 1. The van der Waals surface area contributed by atoms with Gasteiger partial charge in [-0.15, -0.1) is 0 Å². The molecule has 3 heteroatoms. The van der Waals surface area contributed by atoms with Gasteiger partial charge in [-0.25, -0.2) is 0 Å². The molecule has 1 atom stereocenters. The summed E-state index contributed by atoms with van der Waals surface area (Å²) < 4.78 is 5.79. The van der Waals surface area contributed by atoms with E-state index in [-0.39, 0.29) is 5.91 Å². The molecule has 1 N–H and O–H groups in total. The topological polar surface area (TPSA) is 38.3 Å². The Morgan fingerprint density at radius 1 is 1.14 bits per heavy atom. The molecule has 1 fully saturated rings. The molecule has 0 bridgehead atoms. The van der Waals surface area contributed by atoms with E-state index in [4.69, 9.17) is 4.74 Å². The second-order valence-electron chi connectivity index (χ2n) is 6.08. The van der Waals surface area contributed by atoms with Crippen molar-refractivity contribution in [3.05, 3.63) is 29.8 Å². The van der Waals surface area contributed by atoms with Crippen LogP contribution in [0.4, 0.5) is 0 Å². The lowest BCUT2D eigenvalue weighted by atomic mass is 9.96. The van der Waals surface area contributed by atoms with Crippen molar-refractivity contribution in [1.29, 1.82) is 0 Å². The van der Waals surface area contributed by atoms with Crippen molar-refractivity contribution in [1.82, 2.24) is 5.32 Å². The van der Waals surface area contributed by atoms with Crippen LogP contribution in [0, 0.1) is 6.92 Å². The Bertz CT molecular complexity index is 450. The minimum Gasteiger partial charge on any atom is -0.481 e. The molecule has 1 aliphatic carbocycles. The molecule has 1 aromatic rings. The third-order valence-electron chi connectivity index (χ3n) is 4.22. The molecule has 0 spiro atoms. The maximum atomic E-state index is 12.3. The van der Waals surface area contributed by atoms with Gasteiger partial charge in [-0.2, -0.15) is 0 Å². The van der Waals surface area contributed by atoms with E-state index in [1.54, 1.807) is 0 Å². The van der Waals surface area contributed by atoms with Gasteiger partial charge in [0.15, 0.2) is 6.10 Å². The summed E-state index contributed by atoms with van der Waals surface area (Å²) >= 11 is 0. The first-order valence-corrected chi connectivity index (χ1v) is 8.19. The molecular formula is C18H27NO2. The van der Waals surface area contributed by atoms with E-state index in [0.29, 0.717) is 6.04 Å². The number of ether oxygens (including phenoxy) is 1. The summed E-state index contributed by atoms with van der Waals surface area (Å²) in [5.74, 6) is 0.793. The van der Waals surface area contributed by atoms with E-state index in [1.807, 2.05) is 38.1 Å². The van der Waals surface area contributed by atoms with Crippen LogP contribution < -0.4 is 10.1 Å². The van der Waals surface area contributed by atoms with Gasteiger partial charge in [-0.3, -0.25) is 4.79 Å². The summed E-state index contributed by atoms with van der Waals surface area (Å²) in [6, 6.07) is 8.13. The number of benzene rings is 1. The second-order valence-corrected chi connectivity index (χ2v) is 6.08. The van der Waals surface area contributed by atoms with Crippen LogP contribution in [0.25, 0.3) is 0 Å². The van der Waals surface area contributed by atoms with E-state index in [1.165, 1.54) is 32.1 Å². The zero-order chi connectivity index (χ0) is 15.1. The van der Waals surface area contributed by atoms with Gasteiger partial charge in [0.2, 0.25) is 0 Å². The fourth-order valence-electron chi connectivity index (χ4n) is 2.85. The molecule has 1 unspecified atom stereocenters. The molecule has 116 valence electrons. The minimum atomic E-state index is -0.448. The van der Waals surface area contributed by atoms with E-state index in [2.05, 4.69) is 5.32 Å². The predicted molar refractivity (Wildman–Crippen MR) is 85.5 cm³/mol. The third kappa shape index (κ3) is 5.07. The van der Waals surface area contributed by atoms with E-state index in [0.717, 1.165) is 24.2 Å². The molecule has 3 nitrogen and oxygen atoms in total. The molecule has 1 saturated carbocycles. The smallest absolute Gasteiger partial charge is 0.260 e. The summed E-state index contributed by atoms with van der Waals surface area (Å²) in [7, 11) is 0. The van der Waals surface area contributed by atoms with Crippen molar-refractivity contribution in [2.24, 2.45) is 0 Å². The van der Waals surface area contributed by atoms with Crippen LogP contribution >= 0.6 is 0 Å². The van der Waals surface area contributed by atoms with Gasteiger partial charge in [-0.05, 0) is 38.3 Å². The maximum Gasteiger partial charge on any atom is 0.260 e. The van der Waals surface area contributed by atoms with Crippen LogP contribution in [0.1, 0.15) is 57.4 Å². The second kappa shape index (κ2) is 8.06. The minimum absolute atomic E-state index is 0.00354. The number of para-hydroxylation sites is 1.